The van der Waals surface area contributed by atoms with Crippen molar-refractivity contribution in [2.75, 3.05) is 0 Å². The summed E-state index contributed by atoms with van der Waals surface area (Å²) in [5, 5.41) is 7.67. The van der Waals surface area contributed by atoms with Gasteiger partial charge in [-0.15, -0.1) is 5.10 Å². The molecule has 18 heavy (non-hydrogen) atoms. The monoisotopic (exact) mass is 247 g/mol. The Balaban J connectivity index is 1.70. The smallest absolute Gasteiger partial charge is 0.185 e. The lowest BCUT2D eigenvalue weighted by Gasteiger charge is -2.38. The van der Waals surface area contributed by atoms with Crippen molar-refractivity contribution in [1.29, 1.82) is 0 Å². The Labute approximate surface area is 108 Å². The Morgan fingerprint density at radius 1 is 1.22 bits per heavy atom. The number of rotatable bonds is 2. The zero-order valence-electron chi connectivity index (χ0n) is 11.0. The maximum atomic E-state index is 12.5. The molecule has 0 N–H and O–H groups in total. The minimum atomic E-state index is 0.210. The van der Waals surface area contributed by atoms with Gasteiger partial charge in [0.1, 0.15) is 5.69 Å². The number of carbonyl (C=O) groups is 1. The molecule has 1 aromatic heterocycles. The first kappa shape index (κ1) is 11.9. The van der Waals surface area contributed by atoms with Crippen LogP contribution in [0.5, 0.6) is 0 Å². The summed E-state index contributed by atoms with van der Waals surface area (Å²) in [4.78, 5) is 12.5. The molecular weight excluding hydrogens is 226 g/mol. The van der Waals surface area contributed by atoms with Crippen LogP contribution in [0.25, 0.3) is 0 Å². The van der Waals surface area contributed by atoms with E-state index in [0.29, 0.717) is 5.69 Å². The number of hydrogen-bond donors (Lipinski definition) is 0. The van der Waals surface area contributed by atoms with Gasteiger partial charge in [-0.1, -0.05) is 30.9 Å². The van der Waals surface area contributed by atoms with Gasteiger partial charge >= 0.3 is 0 Å². The molecular formula is C14H21N3O. The highest BCUT2D eigenvalue weighted by Gasteiger charge is 2.35. The standard InChI is InChI=1S/C14H21N3O/c1-17-13(9-15-16-17)14(18)12-7-6-10-4-2-3-5-11(10)8-12/h9-12H,2-8H2,1H3. The van der Waals surface area contributed by atoms with Crippen molar-refractivity contribution >= 4 is 5.78 Å². The molecule has 0 aliphatic heterocycles. The van der Waals surface area contributed by atoms with Gasteiger partial charge in [0.05, 0.1) is 6.20 Å². The second-order valence-corrected chi connectivity index (χ2v) is 5.92. The van der Waals surface area contributed by atoms with Crippen molar-refractivity contribution in [2.24, 2.45) is 24.8 Å². The van der Waals surface area contributed by atoms with Crippen molar-refractivity contribution in [3.63, 3.8) is 0 Å². The normalized spacial score (nSPS) is 31.9. The van der Waals surface area contributed by atoms with Crippen molar-refractivity contribution in [1.82, 2.24) is 15.0 Å². The number of hydrogen-bond acceptors (Lipinski definition) is 3. The maximum absolute atomic E-state index is 12.5. The van der Waals surface area contributed by atoms with Gasteiger partial charge in [-0.2, -0.15) is 0 Å². The number of aryl methyl sites for hydroxylation is 1. The lowest BCUT2D eigenvalue weighted by atomic mass is 9.66. The summed E-state index contributed by atoms with van der Waals surface area (Å²) >= 11 is 0. The van der Waals surface area contributed by atoms with Crippen LogP contribution in [0.4, 0.5) is 0 Å². The van der Waals surface area contributed by atoms with E-state index >= 15 is 0 Å². The number of aromatic nitrogens is 3. The minimum absolute atomic E-state index is 0.210. The van der Waals surface area contributed by atoms with Crippen LogP contribution in [0, 0.1) is 17.8 Å². The van der Waals surface area contributed by atoms with E-state index in [4.69, 9.17) is 0 Å². The second-order valence-electron chi connectivity index (χ2n) is 5.92. The Morgan fingerprint density at radius 3 is 2.72 bits per heavy atom. The quantitative estimate of drug-likeness (QED) is 0.755. The van der Waals surface area contributed by atoms with Crippen LogP contribution < -0.4 is 0 Å². The highest BCUT2D eigenvalue weighted by molar-refractivity contribution is 5.96. The van der Waals surface area contributed by atoms with Crippen LogP contribution in [0.1, 0.15) is 55.4 Å². The van der Waals surface area contributed by atoms with E-state index < -0.39 is 0 Å². The predicted octanol–water partition coefficient (Wildman–Crippen LogP) is 2.60. The first-order valence-corrected chi connectivity index (χ1v) is 7.14. The lowest BCUT2D eigenvalue weighted by molar-refractivity contribution is 0.0754. The Kier molecular flexibility index (Phi) is 3.18. The molecule has 3 rings (SSSR count). The SMILES string of the molecule is Cn1nncc1C(=O)C1CCC2CCCCC2C1. The second kappa shape index (κ2) is 4.82. The van der Waals surface area contributed by atoms with E-state index in [1.165, 1.54) is 32.1 Å². The largest absolute Gasteiger partial charge is 0.292 e. The highest BCUT2D eigenvalue weighted by Crippen LogP contribution is 2.43. The topological polar surface area (TPSA) is 47.8 Å². The van der Waals surface area contributed by atoms with E-state index in [9.17, 15) is 4.79 Å². The average molecular weight is 247 g/mol. The third-order valence-corrected chi connectivity index (χ3v) is 4.88. The molecule has 2 aliphatic rings. The number of ketones is 1. The first-order chi connectivity index (χ1) is 8.75. The van der Waals surface area contributed by atoms with E-state index in [1.54, 1.807) is 17.9 Å². The van der Waals surface area contributed by atoms with Crippen LogP contribution >= 0.6 is 0 Å². The Bertz CT molecular complexity index is 440. The van der Waals surface area contributed by atoms with Crippen LogP contribution in [-0.4, -0.2) is 20.8 Å². The molecule has 3 unspecified atom stereocenters. The third kappa shape index (κ3) is 2.08. The number of carbonyl (C=O) groups excluding carboxylic acids is 1. The van der Waals surface area contributed by atoms with Gasteiger partial charge in [-0.3, -0.25) is 4.79 Å². The molecule has 0 amide bonds. The molecule has 4 nitrogen and oxygen atoms in total. The van der Waals surface area contributed by atoms with Gasteiger partial charge in [-0.05, 0) is 31.1 Å². The molecule has 0 spiro atoms. The fourth-order valence-electron chi connectivity index (χ4n) is 3.83. The van der Waals surface area contributed by atoms with Crippen LogP contribution in [0.15, 0.2) is 6.20 Å². The molecule has 2 saturated carbocycles. The Morgan fingerprint density at radius 2 is 2.00 bits per heavy atom. The van der Waals surface area contributed by atoms with Gasteiger partial charge < -0.3 is 0 Å². The summed E-state index contributed by atoms with van der Waals surface area (Å²) in [7, 11) is 1.80. The van der Waals surface area contributed by atoms with Crippen molar-refractivity contribution in [3.8, 4) is 0 Å². The van der Waals surface area contributed by atoms with E-state index in [1.807, 2.05) is 0 Å². The van der Waals surface area contributed by atoms with Gasteiger partial charge in [-0.25, -0.2) is 4.68 Å². The first-order valence-electron chi connectivity index (χ1n) is 7.14. The third-order valence-electron chi connectivity index (χ3n) is 4.88. The van der Waals surface area contributed by atoms with Crippen LogP contribution in [-0.2, 0) is 7.05 Å². The van der Waals surface area contributed by atoms with Crippen molar-refractivity contribution in [3.05, 3.63) is 11.9 Å². The molecule has 98 valence electrons. The number of fused-ring (bicyclic) bond motifs is 1. The summed E-state index contributed by atoms with van der Waals surface area (Å²) in [6, 6.07) is 0. The Hall–Kier alpha value is -1.19. The van der Waals surface area contributed by atoms with Crippen LogP contribution in [0.2, 0.25) is 0 Å². The van der Waals surface area contributed by atoms with Gasteiger partial charge in [0.15, 0.2) is 5.78 Å². The minimum Gasteiger partial charge on any atom is -0.292 e. The molecule has 0 saturated heterocycles. The van der Waals surface area contributed by atoms with Crippen molar-refractivity contribution < 1.29 is 4.79 Å². The number of nitrogens with zero attached hydrogens (tertiary/aromatic N) is 3. The van der Waals surface area contributed by atoms with E-state index in [-0.39, 0.29) is 11.7 Å². The summed E-state index contributed by atoms with van der Waals surface area (Å²) in [6.45, 7) is 0. The molecule has 0 bridgehead atoms. The van der Waals surface area contributed by atoms with Crippen molar-refractivity contribution in [2.45, 2.75) is 44.9 Å². The zero-order valence-corrected chi connectivity index (χ0v) is 11.0. The van der Waals surface area contributed by atoms with E-state index in [2.05, 4.69) is 10.3 Å². The molecule has 0 aromatic carbocycles. The number of Topliss-reactive ketones (excluding diaryl/α,β-unsaturated/α-hetero) is 1. The summed E-state index contributed by atoms with van der Waals surface area (Å²) in [6.07, 6.45) is 10.5. The predicted molar refractivity (Wildman–Crippen MR) is 68.1 cm³/mol. The molecule has 1 heterocycles. The summed E-state index contributed by atoms with van der Waals surface area (Å²) in [5.41, 5.74) is 0.675. The molecule has 4 heteroatoms. The van der Waals surface area contributed by atoms with Gasteiger partial charge in [0.2, 0.25) is 0 Å². The zero-order chi connectivity index (χ0) is 12.5. The maximum Gasteiger partial charge on any atom is 0.185 e. The summed E-state index contributed by atoms with van der Waals surface area (Å²) < 4.78 is 1.61. The lowest BCUT2D eigenvalue weighted by Crippen LogP contribution is -2.31. The fourth-order valence-corrected chi connectivity index (χ4v) is 3.83. The molecule has 0 radical (unpaired) electrons. The molecule has 3 atom stereocenters. The highest BCUT2D eigenvalue weighted by atomic mass is 16.1. The van der Waals surface area contributed by atoms with Crippen LogP contribution in [0.3, 0.4) is 0 Å². The molecule has 2 aliphatic carbocycles. The van der Waals surface area contributed by atoms with E-state index in [0.717, 1.165) is 24.7 Å². The average Bonchev–Trinajstić information content (AvgIpc) is 2.83. The van der Waals surface area contributed by atoms with Gasteiger partial charge in [0.25, 0.3) is 0 Å². The molecule has 2 fully saturated rings. The van der Waals surface area contributed by atoms with Gasteiger partial charge in [0, 0.05) is 13.0 Å². The fraction of sp³-hybridized carbons (Fsp3) is 0.786. The molecule has 1 aromatic rings. The summed E-state index contributed by atoms with van der Waals surface area (Å²) in [5.74, 6) is 2.16.